The highest BCUT2D eigenvalue weighted by Gasteiger charge is 2.16. The quantitative estimate of drug-likeness (QED) is 0.415. The molecule has 1 aliphatic heterocycles. The summed E-state index contributed by atoms with van der Waals surface area (Å²) in [5, 5.41) is 17.6. The average molecular weight is 439 g/mol. The number of pyridine rings is 1. The Hall–Kier alpha value is -3.37. The Morgan fingerprint density at radius 3 is 2.78 bits per heavy atom. The van der Waals surface area contributed by atoms with Crippen LogP contribution in [-0.4, -0.2) is 80.6 Å². The van der Waals surface area contributed by atoms with Crippen LogP contribution in [0.5, 0.6) is 5.75 Å². The third kappa shape index (κ3) is 4.92. The summed E-state index contributed by atoms with van der Waals surface area (Å²) in [6.07, 6.45) is 1.63. The van der Waals surface area contributed by atoms with Gasteiger partial charge in [-0.15, -0.1) is 0 Å². The van der Waals surface area contributed by atoms with Crippen LogP contribution in [0.1, 0.15) is 0 Å². The molecule has 0 atom stereocenters. The largest absolute Gasteiger partial charge is 0.494 e. The van der Waals surface area contributed by atoms with Crippen LogP contribution in [0, 0.1) is 0 Å². The molecule has 0 saturated carbocycles. The number of aromatic amines is 1. The molecule has 10 heteroatoms. The Bertz CT molecular complexity index is 1120. The lowest BCUT2D eigenvalue weighted by atomic mass is 10.2. The van der Waals surface area contributed by atoms with Gasteiger partial charge in [-0.05, 0) is 32.3 Å². The molecule has 0 amide bonds. The number of hydrogen-bond donors (Lipinski definition) is 4. The standard InChI is InChI=1S/C22H30N8O2/c1-29(2)9-8-24-19-12-15-14-25-28-22(31)20(15)21(27-19)26-17-5-4-16(13-18(17)32-3)30-10-6-23-7-11-30/h4-5,12-14,23H,6-11H2,1-3H3,(H,28,31)(H2,24,26,27). The minimum absolute atomic E-state index is 0.297. The van der Waals surface area contributed by atoms with E-state index in [1.165, 1.54) is 0 Å². The highest BCUT2D eigenvalue weighted by molar-refractivity contribution is 5.94. The van der Waals surface area contributed by atoms with Crippen molar-refractivity contribution in [3.63, 3.8) is 0 Å². The summed E-state index contributed by atoms with van der Waals surface area (Å²) in [5.74, 6) is 1.81. The maximum atomic E-state index is 12.6. The Labute approximate surface area is 187 Å². The lowest BCUT2D eigenvalue weighted by Crippen LogP contribution is -2.43. The Balaban J connectivity index is 1.67. The molecule has 2 aromatic heterocycles. The molecule has 0 aliphatic carbocycles. The van der Waals surface area contributed by atoms with E-state index in [1.807, 2.05) is 32.3 Å². The Morgan fingerprint density at radius 1 is 1.22 bits per heavy atom. The van der Waals surface area contributed by atoms with Gasteiger partial charge in [-0.25, -0.2) is 10.1 Å². The van der Waals surface area contributed by atoms with Gasteiger partial charge in [0.05, 0.1) is 24.4 Å². The zero-order valence-electron chi connectivity index (χ0n) is 18.7. The van der Waals surface area contributed by atoms with Gasteiger partial charge in [0.25, 0.3) is 5.56 Å². The third-order valence-electron chi connectivity index (χ3n) is 5.43. The second-order valence-corrected chi connectivity index (χ2v) is 8.00. The SMILES string of the molecule is COc1cc(N2CCNCC2)ccc1Nc1nc(NCCN(C)C)cc2cn[nH]c(=O)c12. The van der Waals surface area contributed by atoms with Gasteiger partial charge < -0.3 is 30.5 Å². The number of aromatic nitrogens is 3. The molecular formula is C22H30N8O2. The van der Waals surface area contributed by atoms with Crippen molar-refractivity contribution in [3.05, 3.63) is 40.8 Å². The number of nitrogens with one attached hydrogen (secondary N) is 4. The molecule has 1 aromatic carbocycles. The van der Waals surface area contributed by atoms with Crippen molar-refractivity contribution in [3.8, 4) is 5.75 Å². The average Bonchev–Trinajstić information content (AvgIpc) is 2.79. The number of ether oxygens (including phenoxy) is 1. The highest BCUT2D eigenvalue weighted by atomic mass is 16.5. The summed E-state index contributed by atoms with van der Waals surface area (Å²) in [6.45, 7) is 5.41. The molecule has 1 aliphatic rings. The molecular weight excluding hydrogens is 408 g/mol. The summed E-state index contributed by atoms with van der Waals surface area (Å²) < 4.78 is 5.66. The summed E-state index contributed by atoms with van der Waals surface area (Å²) >= 11 is 0. The lowest BCUT2D eigenvalue weighted by molar-refractivity contribution is 0.416. The minimum atomic E-state index is -0.297. The minimum Gasteiger partial charge on any atom is -0.494 e. The number of hydrogen-bond acceptors (Lipinski definition) is 9. The lowest BCUT2D eigenvalue weighted by Gasteiger charge is -2.30. The van der Waals surface area contributed by atoms with Gasteiger partial charge in [-0.2, -0.15) is 5.10 Å². The van der Waals surface area contributed by atoms with Crippen LogP contribution < -0.4 is 31.1 Å². The van der Waals surface area contributed by atoms with Gasteiger partial charge in [-0.1, -0.05) is 0 Å². The zero-order valence-corrected chi connectivity index (χ0v) is 18.7. The first-order valence-corrected chi connectivity index (χ1v) is 10.7. The van der Waals surface area contributed by atoms with Crippen LogP contribution in [0.4, 0.5) is 23.0 Å². The van der Waals surface area contributed by atoms with E-state index in [2.05, 4.69) is 47.0 Å². The Morgan fingerprint density at radius 2 is 2.03 bits per heavy atom. The second kappa shape index (κ2) is 9.84. The number of rotatable bonds is 8. The molecule has 4 N–H and O–H groups in total. The van der Waals surface area contributed by atoms with Crippen LogP contribution in [0.25, 0.3) is 10.8 Å². The summed E-state index contributed by atoms with van der Waals surface area (Å²) in [6, 6.07) is 7.87. The van der Waals surface area contributed by atoms with E-state index >= 15 is 0 Å². The molecule has 3 aromatic rings. The number of fused-ring (bicyclic) bond motifs is 1. The van der Waals surface area contributed by atoms with E-state index in [-0.39, 0.29) is 5.56 Å². The first-order valence-electron chi connectivity index (χ1n) is 10.7. The van der Waals surface area contributed by atoms with Crippen LogP contribution in [-0.2, 0) is 0 Å². The smallest absolute Gasteiger partial charge is 0.275 e. The van der Waals surface area contributed by atoms with E-state index in [0.717, 1.165) is 50.6 Å². The third-order valence-corrected chi connectivity index (χ3v) is 5.43. The van der Waals surface area contributed by atoms with Crippen molar-refractivity contribution in [2.24, 2.45) is 0 Å². The van der Waals surface area contributed by atoms with Crippen LogP contribution in [0.15, 0.2) is 35.3 Å². The first kappa shape index (κ1) is 21.8. The van der Waals surface area contributed by atoms with E-state index < -0.39 is 0 Å². The fraction of sp³-hybridized carbons (Fsp3) is 0.409. The molecule has 0 spiro atoms. The number of methoxy groups -OCH3 is 1. The summed E-state index contributed by atoms with van der Waals surface area (Å²) in [5.41, 5.74) is 1.54. The first-order chi connectivity index (χ1) is 15.5. The number of anilines is 4. The van der Waals surface area contributed by atoms with Gasteiger partial charge in [0, 0.05) is 56.4 Å². The van der Waals surface area contributed by atoms with Crippen molar-refractivity contribution in [1.82, 2.24) is 25.4 Å². The second-order valence-electron chi connectivity index (χ2n) is 8.00. The van der Waals surface area contributed by atoms with Gasteiger partial charge >= 0.3 is 0 Å². The molecule has 3 heterocycles. The molecule has 32 heavy (non-hydrogen) atoms. The normalized spacial score (nSPS) is 14.1. The van der Waals surface area contributed by atoms with Gasteiger partial charge in [0.15, 0.2) is 0 Å². The van der Waals surface area contributed by atoms with Crippen molar-refractivity contribution in [2.75, 3.05) is 76.0 Å². The van der Waals surface area contributed by atoms with Crippen LogP contribution in [0.2, 0.25) is 0 Å². The molecule has 170 valence electrons. The molecule has 10 nitrogen and oxygen atoms in total. The number of piperazine rings is 1. The molecule has 0 bridgehead atoms. The summed E-state index contributed by atoms with van der Waals surface area (Å²) in [7, 11) is 5.67. The predicted octanol–water partition coefficient (Wildman–Crippen LogP) is 1.45. The van der Waals surface area contributed by atoms with Crippen molar-refractivity contribution in [1.29, 1.82) is 0 Å². The van der Waals surface area contributed by atoms with Crippen LogP contribution in [0.3, 0.4) is 0 Å². The van der Waals surface area contributed by atoms with Crippen molar-refractivity contribution >= 4 is 33.8 Å². The van der Waals surface area contributed by atoms with E-state index in [0.29, 0.717) is 28.2 Å². The number of H-pyrrole nitrogens is 1. The van der Waals surface area contributed by atoms with Gasteiger partial charge in [0.2, 0.25) is 0 Å². The number of nitrogens with zero attached hydrogens (tertiary/aromatic N) is 4. The molecule has 1 saturated heterocycles. The predicted molar refractivity (Wildman–Crippen MR) is 129 cm³/mol. The van der Waals surface area contributed by atoms with Crippen LogP contribution >= 0.6 is 0 Å². The Kier molecular flexibility index (Phi) is 6.72. The maximum absolute atomic E-state index is 12.6. The van der Waals surface area contributed by atoms with Crippen molar-refractivity contribution < 1.29 is 4.74 Å². The highest BCUT2D eigenvalue weighted by Crippen LogP contribution is 2.33. The number of benzene rings is 1. The zero-order chi connectivity index (χ0) is 22.5. The molecule has 4 rings (SSSR count). The van der Waals surface area contributed by atoms with E-state index in [9.17, 15) is 4.79 Å². The summed E-state index contributed by atoms with van der Waals surface area (Å²) in [4.78, 5) is 21.6. The van der Waals surface area contributed by atoms with Gasteiger partial charge in [-0.3, -0.25) is 4.79 Å². The monoisotopic (exact) mass is 438 g/mol. The molecule has 0 radical (unpaired) electrons. The number of likely N-dealkylation sites (N-methyl/N-ethyl adjacent to an activating group) is 1. The van der Waals surface area contributed by atoms with Gasteiger partial charge in [0.1, 0.15) is 17.4 Å². The fourth-order valence-electron chi connectivity index (χ4n) is 3.74. The van der Waals surface area contributed by atoms with E-state index in [4.69, 9.17) is 4.74 Å². The van der Waals surface area contributed by atoms with Crippen molar-refractivity contribution in [2.45, 2.75) is 0 Å². The molecule has 1 fully saturated rings. The maximum Gasteiger partial charge on any atom is 0.275 e. The fourth-order valence-corrected chi connectivity index (χ4v) is 3.74. The molecule has 0 unspecified atom stereocenters. The topological polar surface area (TPSA) is 110 Å². The van der Waals surface area contributed by atoms with E-state index in [1.54, 1.807) is 13.3 Å².